The molecule has 1 aromatic rings. The molecule has 0 aromatic heterocycles. The quantitative estimate of drug-likeness (QED) is 0.439. The highest BCUT2D eigenvalue weighted by molar-refractivity contribution is 5.93. The van der Waals surface area contributed by atoms with Crippen LogP contribution in [0, 0.1) is 11.8 Å². The molecule has 4 rings (SSSR count). The maximum Gasteiger partial charge on any atom is 0.241 e. The third kappa shape index (κ3) is 4.37. The van der Waals surface area contributed by atoms with Gasteiger partial charge in [0.25, 0.3) is 0 Å². The molecule has 156 valence electrons. The summed E-state index contributed by atoms with van der Waals surface area (Å²) in [7, 11) is 0. The fourth-order valence-corrected chi connectivity index (χ4v) is 5.34. The Bertz CT molecular complexity index is 778. The molecule has 2 aliphatic heterocycles. The zero-order valence-electron chi connectivity index (χ0n) is 16.9. The van der Waals surface area contributed by atoms with Crippen molar-refractivity contribution in [1.82, 2.24) is 10.2 Å². The molecule has 6 nitrogen and oxygen atoms in total. The van der Waals surface area contributed by atoms with E-state index in [1.165, 1.54) is 17.3 Å². The maximum atomic E-state index is 13.1. The molecule has 2 N–H and O–H groups in total. The lowest BCUT2D eigenvalue weighted by Crippen LogP contribution is -2.50. The Balaban J connectivity index is 1.33. The SMILES string of the molecule is O=C(CC[C@@H]1CCc2ccccc2C1)C1CCN[C@H]1C(=O)N1CCC[C@H]1C=NO. The first-order valence-electron chi connectivity index (χ1n) is 11.0. The minimum absolute atomic E-state index is 0.0187. The van der Waals surface area contributed by atoms with Gasteiger partial charge in [0.2, 0.25) is 5.91 Å². The normalized spacial score (nSPS) is 29.3. The van der Waals surface area contributed by atoms with Gasteiger partial charge in [-0.3, -0.25) is 9.59 Å². The van der Waals surface area contributed by atoms with E-state index in [1.54, 1.807) is 4.90 Å². The topological polar surface area (TPSA) is 82.0 Å². The van der Waals surface area contributed by atoms with Crippen LogP contribution in [0.15, 0.2) is 29.4 Å². The molecule has 1 aromatic carbocycles. The van der Waals surface area contributed by atoms with Crippen LogP contribution in [0.1, 0.15) is 49.7 Å². The maximum absolute atomic E-state index is 13.1. The fourth-order valence-electron chi connectivity index (χ4n) is 5.34. The molecule has 2 heterocycles. The molecule has 1 aliphatic carbocycles. The van der Waals surface area contributed by atoms with Crippen molar-refractivity contribution in [3.8, 4) is 0 Å². The highest BCUT2D eigenvalue weighted by Crippen LogP contribution is 2.30. The third-order valence-corrected chi connectivity index (χ3v) is 6.97. The van der Waals surface area contributed by atoms with E-state index in [1.807, 2.05) is 0 Å². The number of amides is 1. The molecule has 0 spiro atoms. The van der Waals surface area contributed by atoms with E-state index in [9.17, 15) is 9.59 Å². The highest BCUT2D eigenvalue weighted by Gasteiger charge is 2.41. The predicted octanol–water partition coefficient (Wildman–Crippen LogP) is 2.57. The van der Waals surface area contributed by atoms with Gasteiger partial charge in [0.1, 0.15) is 5.78 Å². The first kappa shape index (κ1) is 20.1. The summed E-state index contributed by atoms with van der Waals surface area (Å²) in [5.74, 6) is 0.528. The summed E-state index contributed by atoms with van der Waals surface area (Å²) >= 11 is 0. The summed E-state index contributed by atoms with van der Waals surface area (Å²) in [6.07, 6.45) is 8.65. The van der Waals surface area contributed by atoms with E-state index in [0.29, 0.717) is 25.4 Å². The first-order valence-corrected chi connectivity index (χ1v) is 11.0. The number of benzene rings is 1. The Hall–Kier alpha value is -2.21. The number of Topliss-reactive ketones (excluding diaryl/α,β-unsaturated/α-hetero) is 1. The highest BCUT2D eigenvalue weighted by atomic mass is 16.4. The second-order valence-electron chi connectivity index (χ2n) is 8.72. The number of nitrogens with zero attached hydrogens (tertiary/aromatic N) is 2. The Kier molecular flexibility index (Phi) is 6.28. The zero-order chi connectivity index (χ0) is 20.2. The van der Waals surface area contributed by atoms with Crippen LogP contribution in [-0.2, 0) is 22.4 Å². The number of oxime groups is 1. The van der Waals surface area contributed by atoms with Gasteiger partial charge in [-0.15, -0.1) is 0 Å². The summed E-state index contributed by atoms with van der Waals surface area (Å²) in [5, 5.41) is 15.2. The second kappa shape index (κ2) is 9.08. The van der Waals surface area contributed by atoms with Gasteiger partial charge in [0, 0.05) is 18.9 Å². The van der Waals surface area contributed by atoms with E-state index in [4.69, 9.17) is 5.21 Å². The summed E-state index contributed by atoms with van der Waals surface area (Å²) in [5.41, 5.74) is 2.88. The van der Waals surface area contributed by atoms with E-state index < -0.39 is 6.04 Å². The van der Waals surface area contributed by atoms with Gasteiger partial charge in [0.15, 0.2) is 0 Å². The van der Waals surface area contributed by atoms with Crippen LogP contribution in [-0.4, -0.2) is 53.2 Å². The molecule has 0 radical (unpaired) electrons. The number of carbonyl (C=O) groups excluding carboxylic acids is 2. The van der Waals surface area contributed by atoms with Crippen molar-refractivity contribution in [1.29, 1.82) is 0 Å². The molecule has 0 saturated carbocycles. The molecule has 1 amide bonds. The van der Waals surface area contributed by atoms with Crippen molar-refractivity contribution in [2.45, 2.75) is 63.5 Å². The van der Waals surface area contributed by atoms with Crippen molar-refractivity contribution in [3.63, 3.8) is 0 Å². The minimum atomic E-state index is -0.428. The summed E-state index contributed by atoms with van der Waals surface area (Å²) in [4.78, 5) is 27.8. The van der Waals surface area contributed by atoms with Crippen LogP contribution in [0.4, 0.5) is 0 Å². The number of aryl methyl sites for hydroxylation is 1. The number of carbonyl (C=O) groups is 2. The number of nitrogens with one attached hydrogen (secondary N) is 1. The molecular formula is C23H31N3O3. The molecule has 2 saturated heterocycles. The Labute approximate surface area is 172 Å². The zero-order valence-corrected chi connectivity index (χ0v) is 16.9. The van der Waals surface area contributed by atoms with Crippen molar-refractivity contribution >= 4 is 17.9 Å². The van der Waals surface area contributed by atoms with E-state index in [2.05, 4.69) is 34.7 Å². The Morgan fingerprint density at radius 3 is 2.86 bits per heavy atom. The molecule has 0 bridgehead atoms. The molecule has 1 unspecified atom stereocenters. The van der Waals surface area contributed by atoms with Gasteiger partial charge in [-0.25, -0.2) is 0 Å². The molecule has 6 heteroatoms. The van der Waals surface area contributed by atoms with E-state index in [-0.39, 0.29) is 23.7 Å². The number of rotatable bonds is 6. The summed E-state index contributed by atoms with van der Waals surface area (Å²) in [6, 6.07) is 8.03. The molecule has 2 fully saturated rings. The van der Waals surface area contributed by atoms with Gasteiger partial charge in [0.05, 0.1) is 18.3 Å². The predicted molar refractivity (Wildman–Crippen MR) is 111 cm³/mol. The van der Waals surface area contributed by atoms with Gasteiger partial charge in [-0.2, -0.15) is 0 Å². The lowest BCUT2D eigenvalue weighted by molar-refractivity contribution is -0.137. The summed E-state index contributed by atoms with van der Waals surface area (Å²) < 4.78 is 0. The van der Waals surface area contributed by atoms with Gasteiger partial charge in [-0.1, -0.05) is 29.4 Å². The van der Waals surface area contributed by atoms with Crippen molar-refractivity contribution in [2.24, 2.45) is 17.0 Å². The first-order chi connectivity index (χ1) is 14.2. The van der Waals surface area contributed by atoms with Crippen LogP contribution >= 0.6 is 0 Å². The van der Waals surface area contributed by atoms with E-state index in [0.717, 1.165) is 44.9 Å². The average Bonchev–Trinajstić information content (AvgIpc) is 3.41. The lowest BCUT2D eigenvalue weighted by atomic mass is 9.80. The molecule has 29 heavy (non-hydrogen) atoms. The third-order valence-electron chi connectivity index (χ3n) is 6.97. The second-order valence-corrected chi connectivity index (χ2v) is 8.72. The summed E-state index contributed by atoms with van der Waals surface area (Å²) in [6.45, 7) is 1.37. The van der Waals surface area contributed by atoms with Crippen LogP contribution < -0.4 is 5.32 Å². The standard InChI is InChI=1S/C23H31N3O3/c27-21(10-8-16-7-9-17-4-1-2-5-18(17)14-16)20-11-12-24-22(20)23(28)26-13-3-6-19(26)15-25-29/h1-2,4-5,15-16,19-20,22,24,29H,3,6-14H2/t16-,19-,20?,22+/m0/s1. The number of ketones is 1. The van der Waals surface area contributed by atoms with E-state index >= 15 is 0 Å². The smallest absolute Gasteiger partial charge is 0.241 e. The molecule has 4 atom stereocenters. The Morgan fingerprint density at radius 2 is 2.03 bits per heavy atom. The monoisotopic (exact) mass is 397 g/mol. The van der Waals surface area contributed by atoms with Crippen LogP contribution in [0.5, 0.6) is 0 Å². The lowest BCUT2D eigenvalue weighted by Gasteiger charge is -2.28. The van der Waals surface area contributed by atoms with Crippen molar-refractivity contribution < 1.29 is 14.8 Å². The number of hydrogen-bond donors (Lipinski definition) is 2. The van der Waals surface area contributed by atoms with Crippen molar-refractivity contribution in [2.75, 3.05) is 13.1 Å². The van der Waals surface area contributed by atoms with Gasteiger partial charge in [-0.05, 0) is 68.5 Å². The van der Waals surface area contributed by atoms with Crippen molar-refractivity contribution in [3.05, 3.63) is 35.4 Å². The van der Waals surface area contributed by atoms with Gasteiger partial charge < -0.3 is 15.4 Å². The van der Waals surface area contributed by atoms with Crippen LogP contribution in [0.2, 0.25) is 0 Å². The largest absolute Gasteiger partial charge is 0.411 e. The minimum Gasteiger partial charge on any atom is -0.411 e. The number of fused-ring (bicyclic) bond motifs is 1. The van der Waals surface area contributed by atoms with Crippen LogP contribution in [0.3, 0.4) is 0 Å². The number of likely N-dealkylation sites (tertiary alicyclic amines) is 1. The molecule has 3 aliphatic rings. The molecular weight excluding hydrogens is 366 g/mol. The Morgan fingerprint density at radius 1 is 1.21 bits per heavy atom. The average molecular weight is 398 g/mol. The fraction of sp³-hybridized carbons (Fsp3) is 0.609. The van der Waals surface area contributed by atoms with Crippen LogP contribution in [0.25, 0.3) is 0 Å². The van der Waals surface area contributed by atoms with Gasteiger partial charge >= 0.3 is 0 Å². The number of hydrogen-bond acceptors (Lipinski definition) is 5.